The van der Waals surface area contributed by atoms with Crippen molar-refractivity contribution in [2.75, 3.05) is 0 Å². The zero-order valence-corrected chi connectivity index (χ0v) is 12.4. The quantitative estimate of drug-likeness (QED) is 0.754. The van der Waals surface area contributed by atoms with Crippen molar-refractivity contribution in [1.29, 1.82) is 0 Å². The van der Waals surface area contributed by atoms with Crippen LogP contribution in [0.15, 0.2) is 24.3 Å². The number of benzene rings is 1. The molecule has 1 aromatic carbocycles. The van der Waals surface area contributed by atoms with Gasteiger partial charge in [-0.15, -0.1) is 0 Å². The van der Waals surface area contributed by atoms with Crippen molar-refractivity contribution in [2.24, 2.45) is 5.92 Å². The summed E-state index contributed by atoms with van der Waals surface area (Å²) in [7, 11) is 0. The molecule has 1 aliphatic rings. The maximum atomic E-state index is 12.6. The SMILES string of the molecule is CCCC1CCCC(O)(c2ccc(C(F)(F)F)cc2)CC1. The Labute approximate surface area is 124 Å². The Morgan fingerprint density at radius 1 is 1.14 bits per heavy atom. The van der Waals surface area contributed by atoms with Crippen LogP contribution in [0, 0.1) is 5.92 Å². The van der Waals surface area contributed by atoms with E-state index in [0.29, 0.717) is 24.3 Å². The van der Waals surface area contributed by atoms with Crippen LogP contribution >= 0.6 is 0 Å². The van der Waals surface area contributed by atoms with Gasteiger partial charge in [-0.1, -0.05) is 38.3 Å². The molecule has 21 heavy (non-hydrogen) atoms. The van der Waals surface area contributed by atoms with E-state index in [1.54, 1.807) is 0 Å². The van der Waals surface area contributed by atoms with Gasteiger partial charge in [-0.2, -0.15) is 13.2 Å². The molecule has 2 atom stereocenters. The van der Waals surface area contributed by atoms with E-state index in [1.807, 2.05) is 0 Å². The molecule has 0 amide bonds. The standard InChI is InChI=1S/C17H23F3O/c1-2-4-13-5-3-11-16(21,12-10-13)14-6-8-15(9-7-14)17(18,19)20/h6-9,13,21H,2-5,10-12H2,1H3. The van der Waals surface area contributed by atoms with Crippen molar-refractivity contribution in [3.63, 3.8) is 0 Å². The molecule has 1 fully saturated rings. The van der Waals surface area contributed by atoms with Crippen LogP contribution in [0.5, 0.6) is 0 Å². The molecule has 0 aliphatic heterocycles. The first-order valence-electron chi connectivity index (χ1n) is 7.75. The summed E-state index contributed by atoms with van der Waals surface area (Å²) in [5.74, 6) is 0.637. The highest BCUT2D eigenvalue weighted by Gasteiger charge is 2.34. The summed E-state index contributed by atoms with van der Waals surface area (Å²) in [6.45, 7) is 2.16. The molecule has 1 N–H and O–H groups in total. The Bertz CT molecular complexity index is 452. The fourth-order valence-corrected chi connectivity index (χ4v) is 3.35. The van der Waals surface area contributed by atoms with Crippen LogP contribution in [0.2, 0.25) is 0 Å². The molecule has 2 unspecified atom stereocenters. The lowest BCUT2D eigenvalue weighted by Crippen LogP contribution is -2.25. The molecule has 0 saturated heterocycles. The molecule has 1 nitrogen and oxygen atoms in total. The van der Waals surface area contributed by atoms with Crippen molar-refractivity contribution in [3.8, 4) is 0 Å². The highest BCUT2D eigenvalue weighted by Crippen LogP contribution is 2.40. The maximum Gasteiger partial charge on any atom is 0.416 e. The fourth-order valence-electron chi connectivity index (χ4n) is 3.35. The average Bonchev–Trinajstić information content (AvgIpc) is 2.62. The third-order valence-corrected chi connectivity index (χ3v) is 4.62. The molecule has 0 bridgehead atoms. The van der Waals surface area contributed by atoms with E-state index >= 15 is 0 Å². The van der Waals surface area contributed by atoms with Gasteiger partial charge in [0.2, 0.25) is 0 Å². The summed E-state index contributed by atoms with van der Waals surface area (Å²) >= 11 is 0. The predicted octanol–water partition coefficient (Wildman–Crippen LogP) is 5.27. The first-order chi connectivity index (χ1) is 9.85. The minimum absolute atomic E-state index is 0.618. The highest BCUT2D eigenvalue weighted by atomic mass is 19.4. The molecule has 0 spiro atoms. The highest BCUT2D eigenvalue weighted by molar-refractivity contribution is 5.29. The van der Waals surface area contributed by atoms with Crippen LogP contribution in [-0.4, -0.2) is 5.11 Å². The Morgan fingerprint density at radius 2 is 1.81 bits per heavy atom. The van der Waals surface area contributed by atoms with E-state index in [4.69, 9.17) is 0 Å². The van der Waals surface area contributed by atoms with E-state index in [9.17, 15) is 18.3 Å². The van der Waals surface area contributed by atoms with Crippen LogP contribution in [0.3, 0.4) is 0 Å². The molecule has 2 rings (SSSR count). The molecule has 1 aromatic rings. The third kappa shape index (κ3) is 4.00. The second kappa shape index (κ2) is 6.39. The molecule has 1 aliphatic carbocycles. The zero-order chi connectivity index (χ0) is 15.5. The lowest BCUT2D eigenvalue weighted by Gasteiger charge is -2.27. The summed E-state index contributed by atoms with van der Waals surface area (Å²) in [6, 6.07) is 5.01. The lowest BCUT2D eigenvalue weighted by molar-refractivity contribution is -0.137. The smallest absolute Gasteiger partial charge is 0.385 e. The first-order valence-corrected chi connectivity index (χ1v) is 7.75. The minimum atomic E-state index is -4.32. The van der Waals surface area contributed by atoms with Gasteiger partial charge in [-0.05, 0) is 49.3 Å². The van der Waals surface area contributed by atoms with Crippen molar-refractivity contribution in [3.05, 3.63) is 35.4 Å². The Hall–Kier alpha value is -1.03. The molecule has 1 saturated carbocycles. The van der Waals surface area contributed by atoms with Crippen LogP contribution in [0.25, 0.3) is 0 Å². The van der Waals surface area contributed by atoms with Gasteiger partial charge in [0.25, 0.3) is 0 Å². The zero-order valence-electron chi connectivity index (χ0n) is 12.4. The van der Waals surface area contributed by atoms with E-state index in [0.717, 1.165) is 37.8 Å². The van der Waals surface area contributed by atoms with Crippen LogP contribution < -0.4 is 0 Å². The van der Waals surface area contributed by atoms with Gasteiger partial charge in [-0.3, -0.25) is 0 Å². The van der Waals surface area contributed by atoms with E-state index in [1.165, 1.54) is 18.6 Å². The van der Waals surface area contributed by atoms with Gasteiger partial charge in [0.1, 0.15) is 0 Å². The summed E-state index contributed by atoms with van der Waals surface area (Å²) in [6.07, 6.45) is 2.26. The third-order valence-electron chi connectivity index (χ3n) is 4.62. The van der Waals surface area contributed by atoms with Crippen LogP contribution in [0.4, 0.5) is 13.2 Å². The molecule has 0 heterocycles. The number of aliphatic hydroxyl groups is 1. The number of hydrogen-bond donors (Lipinski definition) is 1. The van der Waals surface area contributed by atoms with E-state index < -0.39 is 17.3 Å². The monoisotopic (exact) mass is 300 g/mol. The first kappa shape index (κ1) is 16.3. The topological polar surface area (TPSA) is 20.2 Å². The van der Waals surface area contributed by atoms with Gasteiger partial charge in [0, 0.05) is 0 Å². The van der Waals surface area contributed by atoms with Crippen LogP contribution in [0.1, 0.15) is 63.0 Å². The molecule has 0 aromatic heterocycles. The van der Waals surface area contributed by atoms with E-state index in [2.05, 4.69) is 6.92 Å². The molecule has 118 valence electrons. The fraction of sp³-hybridized carbons (Fsp3) is 0.647. The second-order valence-corrected chi connectivity index (χ2v) is 6.19. The minimum Gasteiger partial charge on any atom is -0.385 e. The molecular formula is C17H23F3O. The summed E-state index contributed by atoms with van der Waals surface area (Å²) in [5, 5.41) is 10.8. The molecule has 4 heteroatoms. The van der Waals surface area contributed by atoms with Gasteiger partial charge in [0.05, 0.1) is 11.2 Å². The van der Waals surface area contributed by atoms with Gasteiger partial charge in [0.15, 0.2) is 0 Å². The van der Waals surface area contributed by atoms with E-state index in [-0.39, 0.29) is 0 Å². The lowest BCUT2D eigenvalue weighted by atomic mass is 9.85. The summed E-state index contributed by atoms with van der Waals surface area (Å²) < 4.78 is 37.8. The van der Waals surface area contributed by atoms with Crippen molar-refractivity contribution in [1.82, 2.24) is 0 Å². The van der Waals surface area contributed by atoms with Crippen molar-refractivity contribution < 1.29 is 18.3 Å². The van der Waals surface area contributed by atoms with Gasteiger partial charge >= 0.3 is 6.18 Å². The average molecular weight is 300 g/mol. The predicted molar refractivity (Wildman–Crippen MR) is 76.8 cm³/mol. The van der Waals surface area contributed by atoms with Gasteiger partial charge < -0.3 is 5.11 Å². The number of hydrogen-bond acceptors (Lipinski definition) is 1. The summed E-state index contributed by atoms with van der Waals surface area (Å²) in [4.78, 5) is 0. The second-order valence-electron chi connectivity index (χ2n) is 6.19. The normalized spacial score (nSPS) is 27.4. The maximum absolute atomic E-state index is 12.6. The number of alkyl halides is 3. The Morgan fingerprint density at radius 3 is 2.38 bits per heavy atom. The number of rotatable bonds is 3. The van der Waals surface area contributed by atoms with Crippen molar-refractivity contribution >= 4 is 0 Å². The molecular weight excluding hydrogens is 277 g/mol. The van der Waals surface area contributed by atoms with Crippen molar-refractivity contribution in [2.45, 2.75) is 63.6 Å². The largest absolute Gasteiger partial charge is 0.416 e. The van der Waals surface area contributed by atoms with Gasteiger partial charge in [-0.25, -0.2) is 0 Å². The molecule has 0 radical (unpaired) electrons. The van der Waals surface area contributed by atoms with Crippen LogP contribution in [-0.2, 0) is 11.8 Å². The Kier molecular flexibility index (Phi) is 4.97. The summed E-state index contributed by atoms with van der Waals surface area (Å²) in [5.41, 5.74) is -1.01. The number of halogens is 3. The Balaban J connectivity index is 2.12.